The second-order valence-corrected chi connectivity index (χ2v) is 13.7. The summed E-state index contributed by atoms with van der Waals surface area (Å²) in [6.07, 6.45) is 8.69. The lowest BCUT2D eigenvalue weighted by Gasteiger charge is -2.14. The summed E-state index contributed by atoms with van der Waals surface area (Å²) < 4.78 is 11.3. The zero-order valence-electron chi connectivity index (χ0n) is 27.8. The number of rotatable bonds is 4. The SMILES string of the molecule is C1=CC2Oc3c(-c4cccc(-n5c6ccccc6c6cc(-c7ccc8c(c7)c7ccccc7n8-c7ccccc7)ccc65)c4)cccc3C2C=C1. The summed E-state index contributed by atoms with van der Waals surface area (Å²) in [7, 11) is 0. The predicted molar refractivity (Wildman–Crippen MR) is 211 cm³/mol. The molecule has 2 atom stereocenters. The molecule has 2 aromatic heterocycles. The molecule has 2 aliphatic rings. The zero-order chi connectivity index (χ0) is 33.5. The van der Waals surface area contributed by atoms with E-state index in [2.05, 4.69) is 191 Å². The van der Waals surface area contributed by atoms with Crippen molar-refractivity contribution in [2.45, 2.75) is 12.0 Å². The lowest BCUT2D eigenvalue weighted by atomic mass is 9.90. The first-order chi connectivity index (χ1) is 25.3. The third-order valence-electron chi connectivity index (χ3n) is 10.9. The number of aromatic nitrogens is 2. The second kappa shape index (κ2) is 11.0. The van der Waals surface area contributed by atoms with Gasteiger partial charge in [-0.3, -0.25) is 0 Å². The van der Waals surface area contributed by atoms with E-state index in [1.165, 1.54) is 66.0 Å². The molecule has 0 amide bonds. The highest BCUT2D eigenvalue weighted by molar-refractivity contribution is 6.12. The molecule has 2 unspecified atom stereocenters. The lowest BCUT2D eigenvalue weighted by molar-refractivity contribution is 0.270. The minimum absolute atomic E-state index is 0.0593. The van der Waals surface area contributed by atoms with Crippen LogP contribution in [0, 0.1) is 0 Å². The molecular formula is C48H32N2O. The monoisotopic (exact) mass is 652 g/mol. The summed E-state index contributed by atoms with van der Waals surface area (Å²) in [6, 6.07) is 57.5. The molecule has 11 rings (SSSR count). The summed E-state index contributed by atoms with van der Waals surface area (Å²) in [5.41, 5.74) is 13.1. The molecule has 51 heavy (non-hydrogen) atoms. The van der Waals surface area contributed by atoms with Crippen LogP contribution in [0.1, 0.15) is 11.5 Å². The van der Waals surface area contributed by atoms with Crippen molar-refractivity contribution < 1.29 is 4.74 Å². The first-order valence-corrected chi connectivity index (χ1v) is 17.7. The molecule has 3 nitrogen and oxygen atoms in total. The van der Waals surface area contributed by atoms with Crippen molar-refractivity contribution in [1.82, 2.24) is 9.13 Å². The van der Waals surface area contributed by atoms with Gasteiger partial charge in [-0.25, -0.2) is 0 Å². The fourth-order valence-corrected chi connectivity index (χ4v) is 8.54. The number of fused-ring (bicyclic) bond motifs is 9. The molecule has 1 aliphatic carbocycles. The molecule has 0 radical (unpaired) electrons. The number of nitrogens with zero attached hydrogens (tertiary/aromatic N) is 2. The van der Waals surface area contributed by atoms with Crippen LogP contribution in [0.25, 0.3) is 77.2 Å². The number of para-hydroxylation sites is 4. The van der Waals surface area contributed by atoms with Gasteiger partial charge in [-0.05, 0) is 83.4 Å². The summed E-state index contributed by atoms with van der Waals surface area (Å²) in [4.78, 5) is 0. The molecule has 3 heterocycles. The third-order valence-corrected chi connectivity index (χ3v) is 10.9. The predicted octanol–water partition coefficient (Wildman–Crippen LogP) is 12.2. The Kier molecular flexibility index (Phi) is 6.08. The fraction of sp³-hybridized carbons (Fsp3) is 0.0417. The zero-order valence-corrected chi connectivity index (χ0v) is 27.8. The molecular weight excluding hydrogens is 621 g/mol. The van der Waals surface area contributed by atoms with E-state index in [1.807, 2.05) is 0 Å². The van der Waals surface area contributed by atoms with Crippen LogP contribution in [0.2, 0.25) is 0 Å². The highest BCUT2D eigenvalue weighted by atomic mass is 16.5. The van der Waals surface area contributed by atoms with Crippen molar-refractivity contribution in [2.75, 3.05) is 0 Å². The first kappa shape index (κ1) is 28.3. The summed E-state index contributed by atoms with van der Waals surface area (Å²) in [5, 5.41) is 5.01. The highest BCUT2D eigenvalue weighted by Gasteiger charge is 2.33. The Morgan fingerprint density at radius 2 is 1.00 bits per heavy atom. The minimum atomic E-state index is 0.0593. The third kappa shape index (κ3) is 4.25. The second-order valence-electron chi connectivity index (χ2n) is 13.7. The molecule has 7 aromatic carbocycles. The maximum atomic E-state index is 6.55. The van der Waals surface area contributed by atoms with E-state index in [1.54, 1.807) is 0 Å². The van der Waals surface area contributed by atoms with Gasteiger partial charge in [-0.2, -0.15) is 0 Å². The van der Waals surface area contributed by atoms with Gasteiger partial charge in [0, 0.05) is 50.0 Å². The van der Waals surface area contributed by atoms with Gasteiger partial charge in [0.1, 0.15) is 11.9 Å². The van der Waals surface area contributed by atoms with Crippen molar-refractivity contribution in [3.8, 4) is 39.4 Å². The van der Waals surface area contributed by atoms with Crippen LogP contribution in [0.15, 0.2) is 182 Å². The molecule has 240 valence electrons. The Labute approximate surface area is 295 Å². The topological polar surface area (TPSA) is 19.1 Å². The fourth-order valence-electron chi connectivity index (χ4n) is 8.54. The average molecular weight is 653 g/mol. The quantitative estimate of drug-likeness (QED) is 0.185. The molecule has 0 N–H and O–H groups in total. The van der Waals surface area contributed by atoms with Gasteiger partial charge in [-0.1, -0.05) is 115 Å². The molecule has 9 aromatic rings. The van der Waals surface area contributed by atoms with Gasteiger partial charge < -0.3 is 13.9 Å². The Hall–Kier alpha value is -6.58. The van der Waals surface area contributed by atoms with Gasteiger partial charge >= 0.3 is 0 Å². The maximum absolute atomic E-state index is 6.55. The Morgan fingerprint density at radius 3 is 1.73 bits per heavy atom. The van der Waals surface area contributed by atoms with Gasteiger partial charge in [0.15, 0.2) is 0 Å². The molecule has 1 aliphatic heterocycles. The van der Waals surface area contributed by atoms with Crippen molar-refractivity contribution in [2.24, 2.45) is 0 Å². The van der Waals surface area contributed by atoms with E-state index in [-0.39, 0.29) is 12.0 Å². The maximum Gasteiger partial charge on any atom is 0.132 e. The Balaban J connectivity index is 1.05. The number of benzene rings is 7. The summed E-state index contributed by atoms with van der Waals surface area (Å²) >= 11 is 0. The van der Waals surface area contributed by atoms with E-state index < -0.39 is 0 Å². The highest BCUT2D eigenvalue weighted by Crippen LogP contribution is 2.47. The standard InChI is InChI=1S/C48H32N2O/c1-2-13-34(14-3-1)49-43-21-7-4-16-37(43)41-29-31(24-26-45(41)49)32-25-27-46-42(30-32)38-17-5-8-22-44(38)50(46)35-15-10-12-33(28-35)36-19-11-20-40-39-18-6-9-23-47(39)51-48(36)40/h1-30,39,47H. The van der Waals surface area contributed by atoms with Crippen molar-refractivity contribution in [1.29, 1.82) is 0 Å². The van der Waals surface area contributed by atoms with Crippen LogP contribution >= 0.6 is 0 Å². The van der Waals surface area contributed by atoms with E-state index in [4.69, 9.17) is 4.74 Å². The average Bonchev–Trinajstić information content (AvgIpc) is 3.85. The van der Waals surface area contributed by atoms with Crippen molar-refractivity contribution >= 4 is 43.6 Å². The van der Waals surface area contributed by atoms with Crippen LogP contribution in [0.3, 0.4) is 0 Å². The molecule has 0 fully saturated rings. The van der Waals surface area contributed by atoms with Gasteiger partial charge in [0.05, 0.1) is 22.1 Å². The van der Waals surface area contributed by atoms with Gasteiger partial charge in [0.2, 0.25) is 0 Å². The number of hydrogen-bond acceptors (Lipinski definition) is 1. The van der Waals surface area contributed by atoms with Crippen LogP contribution in [-0.2, 0) is 0 Å². The molecule has 0 saturated heterocycles. The Bertz CT molecular complexity index is 2900. The van der Waals surface area contributed by atoms with E-state index in [0.29, 0.717) is 0 Å². The van der Waals surface area contributed by atoms with Crippen LogP contribution < -0.4 is 4.74 Å². The van der Waals surface area contributed by atoms with Crippen molar-refractivity contribution in [3.05, 3.63) is 188 Å². The van der Waals surface area contributed by atoms with Crippen LogP contribution in [0.5, 0.6) is 5.75 Å². The van der Waals surface area contributed by atoms with Gasteiger partial charge in [0.25, 0.3) is 0 Å². The number of allylic oxidation sites excluding steroid dienone is 2. The number of ether oxygens (including phenoxy) is 1. The minimum Gasteiger partial charge on any atom is -0.484 e. The van der Waals surface area contributed by atoms with Crippen molar-refractivity contribution in [3.63, 3.8) is 0 Å². The summed E-state index contributed by atoms with van der Waals surface area (Å²) in [5.74, 6) is 1.26. The van der Waals surface area contributed by atoms with Gasteiger partial charge in [-0.15, -0.1) is 0 Å². The van der Waals surface area contributed by atoms with Crippen LogP contribution in [-0.4, -0.2) is 15.2 Å². The molecule has 3 heteroatoms. The first-order valence-electron chi connectivity index (χ1n) is 17.7. The lowest BCUT2D eigenvalue weighted by Crippen LogP contribution is -2.15. The molecule has 0 bridgehead atoms. The largest absolute Gasteiger partial charge is 0.484 e. The van der Waals surface area contributed by atoms with E-state index in [9.17, 15) is 0 Å². The molecule has 0 saturated carbocycles. The van der Waals surface area contributed by atoms with E-state index >= 15 is 0 Å². The van der Waals surface area contributed by atoms with Crippen LogP contribution in [0.4, 0.5) is 0 Å². The normalized spacial score (nSPS) is 16.2. The smallest absolute Gasteiger partial charge is 0.132 e. The van der Waals surface area contributed by atoms with E-state index in [0.717, 1.165) is 22.6 Å². The number of hydrogen-bond donors (Lipinski definition) is 0. The Morgan fingerprint density at radius 1 is 0.412 bits per heavy atom. The molecule has 0 spiro atoms. The summed E-state index contributed by atoms with van der Waals surface area (Å²) in [6.45, 7) is 0.